The van der Waals surface area contributed by atoms with Crippen molar-refractivity contribution in [1.82, 2.24) is 4.90 Å². The highest BCUT2D eigenvalue weighted by atomic mass is 15.1. The van der Waals surface area contributed by atoms with Crippen LogP contribution in [0.15, 0.2) is 48.5 Å². The smallest absolute Gasteiger partial charge is 0.0359 e. The van der Waals surface area contributed by atoms with Crippen molar-refractivity contribution >= 4 is 5.69 Å². The van der Waals surface area contributed by atoms with Crippen LogP contribution < -0.4 is 5.73 Å². The Morgan fingerprint density at radius 1 is 1.00 bits per heavy atom. The molecule has 0 fully saturated rings. The van der Waals surface area contributed by atoms with Crippen molar-refractivity contribution in [2.45, 2.75) is 39.9 Å². The fraction of sp³-hybridized carbons (Fsp3) is 0.333. The standard InChI is InChI=1S/C18H24N2/c1-14(2)20(12-16-7-5-4-6-8-16)13-17-11-15(3)9-10-18(17)19/h4-11,14H,12-13,19H2,1-3H3. The number of anilines is 1. The van der Waals surface area contributed by atoms with Gasteiger partial charge in [0.15, 0.2) is 0 Å². The molecule has 2 N–H and O–H groups in total. The topological polar surface area (TPSA) is 29.3 Å². The van der Waals surface area contributed by atoms with E-state index >= 15 is 0 Å². The monoisotopic (exact) mass is 268 g/mol. The van der Waals surface area contributed by atoms with E-state index in [2.05, 4.69) is 68.1 Å². The van der Waals surface area contributed by atoms with E-state index in [-0.39, 0.29) is 0 Å². The number of rotatable bonds is 5. The number of nitrogen functional groups attached to an aromatic ring is 1. The zero-order valence-electron chi connectivity index (χ0n) is 12.6. The molecular weight excluding hydrogens is 244 g/mol. The first-order valence-electron chi connectivity index (χ1n) is 7.19. The normalized spacial score (nSPS) is 11.2. The molecule has 0 heterocycles. The molecule has 106 valence electrons. The van der Waals surface area contributed by atoms with Crippen molar-refractivity contribution < 1.29 is 0 Å². The SMILES string of the molecule is Cc1ccc(N)c(CN(Cc2ccccc2)C(C)C)c1. The van der Waals surface area contributed by atoms with E-state index in [1.165, 1.54) is 16.7 Å². The number of nitrogens with two attached hydrogens (primary N) is 1. The van der Waals surface area contributed by atoms with Crippen LogP contribution in [0, 0.1) is 6.92 Å². The third-order valence-corrected chi connectivity index (χ3v) is 3.63. The summed E-state index contributed by atoms with van der Waals surface area (Å²) in [4.78, 5) is 2.44. The van der Waals surface area contributed by atoms with E-state index in [0.717, 1.165) is 18.8 Å². The first-order chi connectivity index (χ1) is 9.56. The van der Waals surface area contributed by atoms with Gasteiger partial charge < -0.3 is 5.73 Å². The fourth-order valence-electron chi connectivity index (χ4n) is 2.33. The molecule has 0 aromatic heterocycles. The lowest BCUT2D eigenvalue weighted by molar-refractivity contribution is 0.204. The van der Waals surface area contributed by atoms with Gasteiger partial charge in [-0.2, -0.15) is 0 Å². The average molecular weight is 268 g/mol. The number of aryl methyl sites for hydroxylation is 1. The molecule has 0 aliphatic carbocycles. The second kappa shape index (κ2) is 6.58. The van der Waals surface area contributed by atoms with Gasteiger partial charge >= 0.3 is 0 Å². The predicted molar refractivity (Wildman–Crippen MR) is 86.4 cm³/mol. The summed E-state index contributed by atoms with van der Waals surface area (Å²) in [6.07, 6.45) is 0. The molecule has 0 spiro atoms. The summed E-state index contributed by atoms with van der Waals surface area (Å²) in [5, 5.41) is 0. The highest BCUT2D eigenvalue weighted by molar-refractivity contribution is 5.48. The molecule has 2 rings (SSSR count). The minimum Gasteiger partial charge on any atom is -0.398 e. The summed E-state index contributed by atoms with van der Waals surface area (Å²) in [6.45, 7) is 8.41. The van der Waals surface area contributed by atoms with Crippen LogP contribution in [0.2, 0.25) is 0 Å². The maximum absolute atomic E-state index is 6.10. The van der Waals surface area contributed by atoms with Crippen molar-refractivity contribution in [2.75, 3.05) is 5.73 Å². The summed E-state index contributed by atoms with van der Waals surface area (Å²) in [5.41, 5.74) is 10.8. The van der Waals surface area contributed by atoms with Gasteiger partial charge in [-0.3, -0.25) is 4.90 Å². The minimum atomic E-state index is 0.482. The third-order valence-electron chi connectivity index (χ3n) is 3.63. The lowest BCUT2D eigenvalue weighted by Gasteiger charge is -2.27. The molecule has 0 aliphatic heterocycles. The average Bonchev–Trinajstić information content (AvgIpc) is 2.43. The Kier molecular flexibility index (Phi) is 4.80. The number of hydrogen-bond donors (Lipinski definition) is 1. The van der Waals surface area contributed by atoms with Gasteiger partial charge in [0.2, 0.25) is 0 Å². The number of benzene rings is 2. The first-order valence-corrected chi connectivity index (χ1v) is 7.19. The van der Waals surface area contributed by atoms with E-state index in [0.29, 0.717) is 6.04 Å². The Hall–Kier alpha value is -1.80. The molecule has 2 aromatic rings. The second-order valence-corrected chi connectivity index (χ2v) is 5.69. The summed E-state index contributed by atoms with van der Waals surface area (Å²) in [5.74, 6) is 0. The lowest BCUT2D eigenvalue weighted by Crippen LogP contribution is -2.30. The van der Waals surface area contributed by atoms with Gasteiger partial charge in [-0.05, 0) is 38.0 Å². The third kappa shape index (κ3) is 3.84. The van der Waals surface area contributed by atoms with Crippen LogP contribution in [0.1, 0.15) is 30.5 Å². The Bertz CT molecular complexity index is 547. The fourth-order valence-corrected chi connectivity index (χ4v) is 2.33. The maximum Gasteiger partial charge on any atom is 0.0359 e. The van der Waals surface area contributed by atoms with Crippen molar-refractivity contribution in [2.24, 2.45) is 0 Å². The molecule has 0 unspecified atom stereocenters. The molecule has 20 heavy (non-hydrogen) atoms. The first kappa shape index (κ1) is 14.6. The number of nitrogens with zero attached hydrogens (tertiary/aromatic N) is 1. The largest absolute Gasteiger partial charge is 0.398 e. The van der Waals surface area contributed by atoms with E-state index in [1.807, 2.05) is 6.07 Å². The van der Waals surface area contributed by atoms with E-state index in [9.17, 15) is 0 Å². The summed E-state index contributed by atoms with van der Waals surface area (Å²) >= 11 is 0. The molecule has 0 radical (unpaired) electrons. The summed E-state index contributed by atoms with van der Waals surface area (Å²) < 4.78 is 0. The quantitative estimate of drug-likeness (QED) is 0.831. The van der Waals surface area contributed by atoms with Gasteiger partial charge in [0.05, 0.1) is 0 Å². The van der Waals surface area contributed by atoms with Crippen LogP contribution >= 0.6 is 0 Å². The molecule has 2 heteroatoms. The van der Waals surface area contributed by atoms with E-state index < -0.39 is 0 Å². The van der Waals surface area contributed by atoms with Gasteiger partial charge in [0.1, 0.15) is 0 Å². The van der Waals surface area contributed by atoms with Gasteiger partial charge in [0, 0.05) is 24.8 Å². The molecule has 0 saturated heterocycles. The van der Waals surface area contributed by atoms with Crippen molar-refractivity contribution in [3.63, 3.8) is 0 Å². The van der Waals surface area contributed by atoms with Crippen molar-refractivity contribution in [3.05, 3.63) is 65.2 Å². The van der Waals surface area contributed by atoms with Crippen LogP contribution in [-0.4, -0.2) is 10.9 Å². The van der Waals surface area contributed by atoms with Crippen LogP contribution in [0.3, 0.4) is 0 Å². The van der Waals surface area contributed by atoms with Gasteiger partial charge in [-0.15, -0.1) is 0 Å². The Labute approximate surface area is 122 Å². The summed E-state index contributed by atoms with van der Waals surface area (Å²) in [7, 11) is 0. The molecular formula is C18H24N2. The predicted octanol–water partition coefficient (Wildman–Crippen LogP) is 3.99. The Morgan fingerprint density at radius 2 is 1.70 bits per heavy atom. The van der Waals surface area contributed by atoms with Crippen LogP contribution in [0.25, 0.3) is 0 Å². The molecule has 0 aliphatic rings. The van der Waals surface area contributed by atoms with Crippen molar-refractivity contribution in [1.29, 1.82) is 0 Å². The number of hydrogen-bond acceptors (Lipinski definition) is 2. The van der Waals surface area contributed by atoms with Crippen LogP contribution in [0.4, 0.5) is 5.69 Å². The van der Waals surface area contributed by atoms with Gasteiger partial charge in [0.25, 0.3) is 0 Å². The molecule has 0 bridgehead atoms. The summed E-state index contributed by atoms with van der Waals surface area (Å²) in [6, 6.07) is 17.3. The minimum absolute atomic E-state index is 0.482. The van der Waals surface area contributed by atoms with E-state index in [4.69, 9.17) is 5.73 Å². The maximum atomic E-state index is 6.10. The Morgan fingerprint density at radius 3 is 2.35 bits per heavy atom. The Balaban J connectivity index is 2.15. The zero-order valence-corrected chi connectivity index (χ0v) is 12.6. The van der Waals surface area contributed by atoms with Crippen molar-refractivity contribution in [3.8, 4) is 0 Å². The molecule has 0 saturated carbocycles. The van der Waals surface area contributed by atoms with Crippen LogP contribution in [0.5, 0.6) is 0 Å². The molecule has 0 atom stereocenters. The second-order valence-electron chi connectivity index (χ2n) is 5.69. The highest BCUT2D eigenvalue weighted by Crippen LogP contribution is 2.19. The zero-order chi connectivity index (χ0) is 14.5. The molecule has 0 amide bonds. The van der Waals surface area contributed by atoms with Gasteiger partial charge in [-0.25, -0.2) is 0 Å². The van der Waals surface area contributed by atoms with Gasteiger partial charge in [-0.1, -0.05) is 48.0 Å². The highest BCUT2D eigenvalue weighted by Gasteiger charge is 2.12. The molecule has 2 aromatic carbocycles. The van der Waals surface area contributed by atoms with Crippen LogP contribution in [-0.2, 0) is 13.1 Å². The lowest BCUT2D eigenvalue weighted by atomic mass is 10.1. The van der Waals surface area contributed by atoms with E-state index in [1.54, 1.807) is 0 Å². The molecule has 2 nitrogen and oxygen atoms in total.